The van der Waals surface area contributed by atoms with Crippen LogP contribution in [0, 0.1) is 0 Å². The highest BCUT2D eigenvalue weighted by Gasteiger charge is 2.16. The molecule has 0 fully saturated rings. The Labute approximate surface area is 121 Å². The Balaban J connectivity index is 2.61. The molecule has 0 aliphatic heterocycles. The average Bonchev–Trinajstić information content (AvgIpc) is 2.32. The van der Waals surface area contributed by atoms with Crippen LogP contribution in [0.4, 0.5) is 10.5 Å². The van der Waals surface area contributed by atoms with Gasteiger partial charge in [0, 0.05) is 11.6 Å². The number of hydrogen-bond donors (Lipinski definition) is 3. The number of urea groups is 1. The van der Waals surface area contributed by atoms with Crippen molar-refractivity contribution in [2.45, 2.75) is 19.9 Å². The zero-order chi connectivity index (χ0) is 14.4. The maximum Gasteiger partial charge on any atom is 0.321 e. The average molecular weight is 304 g/mol. The lowest BCUT2D eigenvalue weighted by Gasteiger charge is -2.15. The van der Waals surface area contributed by atoms with Crippen molar-refractivity contribution in [2.75, 3.05) is 11.9 Å². The van der Waals surface area contributed by atoms with E-state index in [-0.39, 0.29) is 0 Å². The molecule has 3 amide bonds. The van der Waals surface area contributed by atoms with Gasteiger partial charge in [0.15, 0.2) is 0 Å². The highest BCUT2D eigenvalue weighted by atomic mass is 35.5. The van der Waals surface area contributed by atoms with Crippen LogP contribution >= 0.6 is 23.2 Å². The number of hydrogen-bond acceptors (Lipinski definition) is 3. The number of anilines is 1. The Kier molecular flexibility index (Phi) is 5.92. The van der Waals surface area contributed by atoms with Gasteiger partial charge in [0.1, 0.15) is 6.04 Å². The zero-order valence-electron chi connectivity index (χ0n) is 10.6. The molecule has 5 nitrogen and oxygen atoms in total. The molecule has 104 valence electrons. The van der Waals surface area contributed by atoms with Crippen LogP contribution in [0.25, 0.3) is 0 Å². The Bertz CT molecular complexity index is 480. The summed E-state index contributed by atoms with van der Waals surface area (Å²) in [6.45, 7) is 3.84. The lowest BCUT2D eigenvalue weighted by Crippen LogP contribution is -2.45. The van der Waals surface area contributed by atoms with E-state index in [1.54, 1.807) is 32.0 Å². The van der Waals surface area contributed by atoms with Crippen molar-refractivity contribution in [2.24, 2.45) is 0 Å². The van der Waals surface area contributed by atoms with Crippen LogP contribution in [0.3, 0.4) is 0 Å². The van der Waals surface area contributed by atoms with E-state index >= 15 is 0 Å². The highest BCUT2D eigenvalue weighted by molar-refractivity contribution is 6.36. The minimum atomic E-state index is -0.610. The Morgan fingerprint density at radius 2 is 2.00 bits per heavy atom. The van der Waals surface area contributed by atoms with Crippen LogP contribution in [-0.2, 0) is 4.79 Å². The first-order chi connectivity index (χ1) is 8.93. The maximum absolute atomic E-state index is 11.7. The number of benzene rings is 1. The largest absolute Gasteiger partial charge is 0.373 e. The maximum atomic E-state index is 11.7. The molecule has 1 unspecified atom stereocenters. The minimum absolute atomic E-state index is 0.408. The summed E-state index contributed by atoms with van der Waals surface area (Å²) in [5.74, 6) is -0.447. The standard InChI is InChI=1S/C12H15Cl2N3O2/c1-3-15-12(19)17-11(18)7(2)16-10-5-4-8(13)6-9(10)14/h4-7,16H,3H2,1-2H3,(H2,15,17,18,19). The highest BCUT2D eigenvalue weighted by Crippen LogP contribution is 2.25. The van der Waals surface area contributed by atoms with E-state index in [1.165, 1.54) is 0 Å². The van der Waals surface area contributed by atoms with Gasteiger partial charge in [0.05, 0.1) is 10.7 Å². The van der Waals surface area contributed by atoms with Crippen LogP contribution in [0.5, 0.6) is 0 Å². The van der Waals surface area contributed by atoms with Gasteiger partial charge in [-0.15, -0.1) is 0 Å². The van der Waals surface area contributed by atoms with Crippen LogP contribution in [0.15, 0.2) is 18.2 Å². The summed E-state index contributed by atoms with van der Waals surface area (Å²) in [4.78, 5) is 22.9. The summed E-state index contributed by atoms with van der Waals surface area (Å²) >= 11 is 11.8. The van der Waals surface area contributed by atoms with Crippen molar-refractivity contribution in [1.29, 1.82) is 0 Å². The van der Waals surface area contributed by atoms with Gasteiger partial charge in [-0.2, -0.15) is 0 Å². The van der Waals surface area contributed by atoms with Crippen LogP contribution in [0.2, 0.25) is 10.0 Å². The van der Waals surface area contributed by atoms with E-state index in [2.05, 4.69) is 16.0 Å². The summed E-state index contributed by atoms with van der Waals surface area (Å²) in [5.41, 5.74) is 0.574. The third kappa shape index (κ3) is 4.96. The predicted octanol–water partition coefficient (Wildman–Crippen LogP) is 2.64. The molecule has 0 spiro atoms. The molecule has 0 aliphatic rings. The molecule has 19 heavy (non-hydrogen) atoms. The van der Waals surface area contributed by atoms with Crippen LogP contribution in [0.1, 0.15) is 13.8 Å². The number of carbonyl (C=O) groups excluding carboxylic acids is 2. The quantitative estimate of drug-likeness (QED) is 0.801. The second-order valence-corrected chi connectivity index (χ2v) is 4.68. The van der Waals surface area contributed by atoms with Crippen molar-refractivity contribution in [1.82, 2.24) is 10.6 Å². The lowest BCUT2D eigenvalue weighted by molar-refractivity contribution is -0.120. The predicted molar refractivity (Wildman–Crippen MR) is 76.8 cm³/mol. The molecule has 0 heterocycles. The van der Waals surface area contributed by atoms with Crippen LogP contribution in [-0.4, -0.2) is 24.5 Å². The van der Waals surface area contributed by atoms with Crippen LogP contribution < -0.4 is 16.0 Å². The molecule has 1 atom stereocenters. The first kappa shape index (κ1) is 15.6. The van der Waals surface area contributed by atoms with E-state index in [0.717, 1.165) is 0 Å². The second kappa shape index (κ2) is 7.21. The third-order valence-corrected chi connectivity index (χ3v) is 2.82. The zero-order valence-corrected chi connectivity index (χ0v) is 12.1. The minimum Gasteiger partial charge on any atom is -0.373 e. The van der Waals surface area contributed by atoms with E-state index in [1.807, 2.05) is 0 Å². The van der Waals surface area contributed by atoms with Gasteiger partial charge in [-0.25, -0.2) is 4.79 Å². The summed E-state index contributed by atoms with van der Waals surface area (Å²) in [6, 6.07) is 3.76. The number of amides is 3. The molecular weight excluding hydrogens is 289 g/mol. The molecule has 0 radical (unpaired) electrons. The molecule has 0 saturated carbocycles. The molecule has 7 heteroatoms. The number of halogens is 2. The molecule has 3 N–H and O–H groups in total. The van der Waals surface area contributed by atoms with Crippen molar-refractivity contribution in [3.05, 3.63) is 28.2 Å². The van der Waals surface area contributed by atoms with E-state index < -0.39 is 18.0 Å². The van der Waals surface area contributed by atoms with Crippen molar-refractivity contribution in [3.63, 3.8) is 0 Å². The van der Waals surface area contributed by atoms with E-state index in [9.17, 15) is 9.59 Å². The van der Waals surface area contributed by atoms with Gasteiger partial charge in [-0.3, -0.25) is 10.1 Å². The molecule has 1 rings (SSSR count). The normalized spacial score (nSPS) is 11.6. The Hall–Kier alpha value is -1.46. The van der Waals surface area contributed by atoms with Gasteiger partial charge in [-0.05, 0) is 32.0 Å². The summed E-state index contributed by atoms with van der Waals surface area (Å²) in [5, 5.41) is 8.50. The van der Waals surface area contributed by atoms with Gasteiger partial charge in [0.2, 0.25) is 5.91 Å². The molecular formula is C12H15Cl2N3O2. The molecule has 1 aromatic rings. The van der Waals surface area contributed by atoms with Crippen molar-refractivity contribution in [3.8, 4) is 0 Å². The fourth-order valence-electron chi connectivity index (χ4n) is 1.33. The molecule has 0 bridgehead atoms. The number of imide groups is 1. The number of nitrogens with one attached hydrogen (secondary N) is 3. The fourth-order valence-corrected chi connectivity index (χ4v) is 1.79. The summed E-state index contributed by atoms with van der Waals surface area (Å²) in [6.07, 6.45) is 0. The Morgan fingerprint density at radius 3 is 2.58 bits per heavy atom. The van der Waals surface area contributed by atoms with Gasteiger partial charge < -0.3 is 10.6 Å². The van der Waals surface area contributed by atoms with Gasteiger partial charge in [0.25, 0.3) is 0 Å². The summed E-state index contributed by atoms with van der Waals surface area (Å²) < 4.78 is 0. The topological polar surface area (TPSA) is 70.2 Å². The molecule has 1 aromatic carbocycles. The van der Waals surface area contributed by atoms with Gasteiger partial charge >= 0.3 is 6.03 Å². The SMILES string of the molecule is CCNC(=O)NC(=O)C(C)Nc1ccc(Cl)cc1Cl. The fraction of sp³-hybridized carbons (Fsp3) is 0.333. The molecule has 0 aromatic heterocycles. The molecule has 0 aliphatic carbocycles. The number of rotatable bonds is 4. The Morgan fingerprint density at radius 1 is 1.32 bits per heavy atom. The first-order valence-corrected chi connectivity index (χ1v) is 6.50. The van der Waals surface area contributed by atoms with Crippen molar-refractivity contribution < 1.29 is 9.59 Å². The smallest absolute Gasteiger partial charge is 0.321 e. The van der Waals surface area contributed by atoms with Crippen molar-refractivity contribution >= 4 is 40.8 Å². The molecule has 0 saturated heterocycles. The monoisotopic (exact) mass is 303 g/mol. The van der Waals surface area contributed by atoms with E-state index in [4.69, 9.17) is 23.2 Å². The summed E-state index contributed by atoms with van der Waals surface area (Å²) in [7, 11) is 0. The number of carbonyl (C=O) groups is 2. The first-order valence-electron chi connectivity index (χ1n) is 5.74. The van der Waals surface area contributed by atoms with Gasteiger partial charge in [-0.1, -0.05) is 23.2 Å². The lowest BCUT2D eigenvalue weighted by atomic mass is 10.2. The third-order valence-electron chi connectivity index (χ3n) is 2.27. The van der Waals surface area contributed by atoms with E-state index in [0.29, 0.717) is 22.3 Å². The second-order valence-electron chi connectivity index (χ2n) is 3.84.